The van der Waals surface area contributed by atoms with Crippen molar-refractivity contribution >= 4 is 13.3 Å². The van der Waals surface area contributed by atoms with Crippen molar-refractivity contribution in [3.63, 3.8) is 0 Å². The number of aryl methyl sites for hydroxylation is 1. The first-order valence-electron chi connectivity index (χ1n) is 5.28. The fourth-order valence-corrected chi connectivity index (χ4v) is 1.48. The molecule has 0 spiro atoms. The zero-order valence-corrected chi connectivity index (χ0v) is 10.2. The van der Waals surface area contributed by atoms with Gasteiger partial charge in [0.05, 0.1) is 0 Å². The summed E-state index contributed by atoms with van der Waals surface area (Å²) in [6, 6.07) is 15.8. The summed E-state index contributed by atoms with van der Waals surface area (Å²) in [5.74, 6) is 0.857. The van der Waals surface area contributed by atoms with Crippen LogP contribution in [0, 0.1) is 6.92 Å². The van der Waals surface area contributed by atoms with E-state index in [-0.39, 0.29) is 11.0 Å². The third-order valence-corrected chi connectivity index (χ3v) is 2.49. The van der Waals surface area contributed by atoms with Crippen LogP contribution < -0.4 is 10.2 Å². The van der Waals surface area contributed by atoms with Gasteiger partial charge in [-0.15, -0.1) is 0 Å². The Balaban J connectivity index is 0.00000144. The van der Waals surface area contributed by atoms with Crippen LogP contribution in [0.15, 0.2) is 48.5 Å². The van der Waals surface area contributed by atoms with Crippen molar-refractivity contribution in [2.24, 2.45) is 0 Å². The van der Waals surface area contributed by atoms with E-state index in [9.17, 15) is 0 Å². The minimum Gasteiger partial charge on any atom is -0.870 e. The van der Waals surface area contributed by atoms with Crippen LogP contribution in [0.2, 0.25) is 0 Å². The number of ether oxygens (including phenoxy) is 1. The first-order valence-corrected chi connectivity index (χ1v) is 5.28. The molecule has 0 fully saturated rings. The SMILES string of the molecule is [B+2]c1ccc(OCc2ccccc2)cc1C.[OH-].[OH-]. The van der Waals surface area contributed by atoms with Crippen LogP contribution in [0.5, 0.6) is 5.75 Å². The molecule has 0 bridgehead atoms. The third-order valence-electron chi connectivity index (χ3n) is 2.49. The molecule has 0 saturated carbocycles. The quantitative estimate of drug-likeness (QED) is 0.773. The maximum Gasteiger partial charge on any atom is -0.870 e. The van der Waals surface area contributed by atoms with Crippen molar-refractivity contribution in [1.82, 2.24) is 0 Å². The molecule has 2 N–H and O–H groups in total. The molecule has 0 aliphatic heterocycles. The van der Waals surface area contributed by atoms with E-state index in [1.54, 1.807) is 0 Å². The van der Waals surface area contributed by atoms with Crippen LogP contribution in [-0.2, 0) is 6.61 Å². The minimum atomic E-state index is 0. The molecule has 18 heavy (non-hydrogen) atoms. The molecule has 2 rings (SSSR count). The van der Waals surface area contributed by atoms with Gasteiger partial charge in [0.15, 0.2) is 0 Å². The van der Waals surface area contributed by atoms with Crippen LogP contribution >= 0.6 is 0 Å². The van der Waals surface area contributed by atoms with Gasteiger partial charge in [0.2, 0.25) is 0 Å². The maximum atomic E-state index is 5.74. The van der Waals surface area contributed by atoms with Gasteiger partial charge >= 0.3 is 97.0 Å². The molecule has 0 saturated heterocycles. The van der Waals surface area contributed by atoms with E-state index >= 15 is 0 Å². The smallest absolute Gasteiger partial charge is 0.870 e. The predicted molar refractivity (Wildman–Crippen MR) is 71.2 cm³/mol. The summed E-state index contributed by atoms with van der Waals surface area (Å²) in [5, 5.41) is 0. The average Bonchev–Trinajstić information content (AvgIpc) is 2.32. The Morgan fingerprint density at radius 2 is 1.67 bits per heavy atom. The van der Waals surface area contributed by atoms with Gasteiger partial charge in [-0.1, -0.05) is 0 Å². The third kappa shape index (κ3) is 4.24. The van der Waals surface area contributed by atoms with Crippen LogP contribution in [0.25, 0.3) is 0 Å². The van der Waals surface area contributed by atoms with Crippen molar-refractivity contribution in [3.8, 4) is 5.75 Å². The van der Waals surface area contributed by atoms with E-state index in [0.717, 1.165) is 22.3 Å². The molecule has 0 aromatic heterocycles. The minimum absolute atomic E-state index is 0. The van der Waals surface area contributed by atoms with E-state index in [1.165, 1.54) is 0 Å². The van der Waals surface area contributed by atoms with Crippen molar-refractivity contribution in [3.05, 3.63) is 59.7 Å². The van der Waals surface area contributed by atoms with Gasteiger partial charge in [-0.2, -0.15) is 0 Å². The van der Waals surface area contributed by atoms with Crippen LogP contribution in [0.3, 0.4) is 0 Å². The zero-order valence-electron chi connectivity index (χ0n) is 10.2. The zero-order chi connectivity index (χ0) is 11.4. The van der Waals surface area contributed by atoms with Crippen molar-refractivity contribution in [1.29, 1.82) is 0 Å². The average molecular weight is 242 g/mol. The van der Waals surface area contributed by atoms with Gasteiger partial charge < -0.3 is 11.0 Å². The Morgan fingerprint density at radius 1 is 1.00 bits per heavy atom. The molecule has 0 aliphatic rings. The number of hydrogen-bond acceptors (Lipinski definition) is 3. The van der Waals surface area contributed by atoms with E-state index < -0.39 is 0 Å². The Labute approximate surface area is 108 Å². The number of hydrogen-bond donors (Lipinski definition) is 0. The Hall–Kier alpha value is -1.78. The van der Waals surface area contributed by atoms with Crippen LogP contribution in [0.4, 0.5) is 0 Å². The van der Waals surface area contributed by atoms with Crippen LogP contribution in [0.1, 0.15) is 11.1 Å². The van der Waals surface area contributed by atoms with E-state index in [1.807, 2.05) is 55.5 Å². The Kier molecular flexibility index (Phi) is 6.79. The summed E-state index contributed by atoms with van der Waals surface area (Å²) in [5.41, 5.74) is 3.01. The molecular formula is C14H15BO3. The molecule has 92 valence electrons. The largest absolute Gasteiger partial charge is 0.870 e. The second-order valence-electron chi connectivity index (χ2n) is 3.79. The predicted octanol–water partition coefficient (Wildman–Crippen LogP) is 2.01. The van der Waals surface area contributed by atoms with Gasteiger partial charge in [-0.05, 0) is 0 Å². The summed E-state index contributed by atoms with van der Waals surface area (Å²) < 4.78 is 5.67. The van der Waals surface area contributed by atoms with Crippen molar-refractivity contribution in [2.75, 3.05) is 0 Å². The maximum absolute atomic E-state index is 5.74. The standard InChI is InChI=1S/C14H13BO.2H2O/c1-11-9-13(7-8-14(11)15)16-10-12-5-3-2-4-6-12;;/h2-9H,10H2,1H3;2*1H2/q+2;;/p-2. The van der Waals surface area contributed by atoms with E-state index in [4.69, 9.17) is 12.6 Å². The van der Waals surface area contributed by atoms with Gasteiger partial charge in [0.1, 0.15) is 0 Å². The van der Waals surface area contributed by atoms with E-state index in [0.29, 0.717) is 6.61 Å². The summed E-state index contributed by atoms with van der Waals surface area (Å²) in [6.07, 6.45) is 0. The van der Waals surface area contributed by atoms with Crippen molar-refractivity contribution in [2.45, 2.75) is 13.5 Å². The normalized spacial score (nSPS) is 9.06. The Morgan fingerprint density at radius 3 is 2.28 bits per heavy atom. The molecule has 0 radical (unpaired) electrons. The Bertz CT molecular complexity index is 472. The molecule has 4 heteroatoms. The molecule has 3 nitrogen and oxygen atoms in total. The van der Waals surface area contributed by atoms with E-state index in [2.05, 4.69) is 0 Å². The van der Waals surface area contributed by atoms with Gasteiger partial charge in [0, 0.05) is 0 Å². The fraction of sp³-hybridized carbons (Fsp3) is 0.143. The number of rotatable bonds is 3. The molecule has 0 amide bonds. The monoisotopic (exact) mass is 242 g/mol. The second kappa shape index (κ2) is 7.53. The van der Waals surface area contributed by atoms with Gasteiger partial charge in [0.25, 0.3) is 0 Å². The molecular weight excluding hydrogens is 227 g/mol. The second-order valence-corrected chi connectivity index (χ2v) is 3.79. The molecule has 0 unspecified atom stereocenters. The fourth-order valence-electron chi connectivity index (χ4n) is 1.48. The summed E-state index contributed by atoms with van der Waals surface area (Å²) in [6.45, 7) is 2.56. The molecule has 0 aliphatic carbocycles. The summed E-state index contributed by atoms with van der Waals surface area (Å²) in [4.78, 5) is 0. The first-order chi connectivity index (χ1) is 7.75. The molecule has 0 atom stereocenters. The van der Waals surface area contributed by atoms with Gasteiger partial charge in [-0.3, -0.25) is 0 Å². The van der Waals surface area contributed by atoms with Gasteiger partial charge in [-0.25, -0.2) is 0 Å². The number of benzene rings is 2. The molecule has 0 heterocycles. The molecule has 2 aromatic carbocycles. The topological polar surface area (TPSA) is 69.2 Å². The summed E-state index contributed by atoms with van der Waals surface area (Å²) >= 11 is 0. The molecule has 2 aromatic rings. The first kappa shape index (κ1) is 16.2. The summed E-state index contributed by atoms with van der Waals surface area (Å²) in [7, 11) is 5.74. The van der Waals surface area contributed by atoms with Crippen LogP contribution in [-0.4, -0.2) is 18.8 Å². The van der Waals surface area contributed by atoms with Crippen molar-refractivity contribution < 1.29 is 15.7 Å².